The van der Waals surface area contributed by atoms with Gasteiger partial charge in [-0.3, -0.25) is 4.79 Å². The van der Waals surface area contributed by atoms with Crippen molar-refractivity contribution in [3.63, 3.8) is 0 Å². The standard InChI is InChI=1S/C20H21N3O2S/c1-3-23-14-13-21-20(23)26-15(2)19(24)22-16-9-11-18(12-10-16)25-17-7-5-4-6-8-17/h4-15H,3H2,1-2H3,(H,22,24). The van der Waals surface area contributed by atoms with Gasteiger partial charge in [-0.15, -0.1) is 0 Å². The number of rotatable bonds is 7. The Labute approximate surface area is 157 Å². The normalized spacial score (nSPS) is 11.8. The minimum Gasteiger partial charge on any atom is -0.457 e. The summed E-state index contributed by atoms with van der Waals surface area (Å²) in [7, 11) is 0. The molecule has 0 aliphatic heterocycles. The molecule has 0 bridgehead atoms. The van der Waals surface area contributed by atoms with Crippen LogP contribution in [-0.2, 0) is 11.3 Å². The smallest absolute Gasteiger partial charge is 0.237 e. The molecule has 5 nitrogen and oxygen atoms in total. The Kier molecular flexibility index (Phi) is 5.96. The molecule has 0 saturated carbocycles. The summed E-state index contributed by atoms with van der Waals surface area (Å²) in [4.78, 5) is 16.7. The molecule has 1 atom stereocenters. The summed E-state index contributed by atoms with van der Waals surface area (Å²) in [6.07, 6.45) is 3.67. The Morgan fingerprint density at radius 2 is 1.85 bits per heavy atom. The van der Waals surface area contributed by atoms with Crippen molar-refractivity contribution in [2.75, 3.05) is 5.32 Å². The summed E-state index contributed by atoms with van der Waals surface area (Å²) in [6.45, 7) is 4.76. The van der Waals surface area contributed by atoms with Crippen LogP contribution in [-0.4, -0.2) is 20.7 Å². The van der Waals surface area contributed by atoms with Crippen LogP contribution in [0.1, 0.15) is 13.8 Å². The van der Waals surface area contributed by atoms with Crippen LogP contribution in [0.5, 0.6) is 11.5 Å². The first-order chi connectivity index (χ1) is 12.7. The zero-order chi connectivity index (χ0) is 18.4. The second-order valence-corrected chi connectivity index (χ2v) is 6.99. The minimum atomic E-state index is -0.247. The number of anilines is 1. The molecule has 1 N–H and O–H groups in total. The van der Waals surface area contributed by atoms with Crippen LogP contribution >= 0.6 is 11.8 Å². The molecule has 0 radical (unpaired) electrons. The molecule has 1 amide bonds. The number of nitrogens with one attached hydrogen (secondary N) is 1. The van der Waals surface area contributed by atoms with Crippen molar-refractivity contribution in [2.45, 2.75) is 30.8 Å². The van der Waals surface area contributed by atoms with Gasteiger partial charge in [-0.2, -0.15) is 0 Å². The van der Waals surface area contributed by atoms with Gasteiger partial charge in [0.25, 0.3) is 0 Å². The molecule has 26 heavy (non-hydrogen) atoms. The Morgan fingerprint density at radius 1 is 1.15 bits per heavy atom. The lowest BCUT2D eigenvalue weighted by Gasteiger charge is -2.13. The van der Waals surface area contributed by atoms with Crippen LogP contribution in [0.2, 0.25) is 0 Å². The maximum absolute atomic E-state index is 12.4. The lowest BCUT2D eigenvalue weighted by molar-refractivity contribution is -0.115. The summed E-state index contributed by atoms with van der Waals surface area (Å²) < 4.78 is 7.77. The van der Waals surface area contributed by atoms with E-state index in [1.165, 1.54) is 11.8 Å². The van der Waals surface area contributed by atoms with E-state index >= 15 is 0 Å². The molecule has 1 heterocycles. The average molecular weight is 367 g/mol. The number of nitrogens with zero attached hydrogens (tertiary/aromatic N) is 2. The fourth-order valence-corrected chi connectivity index (χ4v) is 3.27. The van der Waals surface area contributed by atoms with Gasteiger partial charge in [-0.25, -0.2) is 4.98 Å². The van der Waals surface area contributed by atoms with E-state index in [4.69, 9.17) is 4.74 Å². The van der Waals surface area contributed by atoms with E-state index < -0.39 is 0 Å². The number of para-hydroxylation sites is 1. The predicted octanol–water partition coefficient (Wildman–Crippen LogP) is 4.81. The molecule has 134 valence electrons. The predicted molar refractivity (Wildman–Crippen MR) is 105 cm³/mol. The molecule has 2 aromatic carbocycles. The van der Waals surface area contributed by atoms with Crippen LogP contribution < -0.4 is 10.1 Å². The van der Waals surface area contributed by atoms with Gasteiger partial charge >= 0.3 is 0 Å². The SMILES string of the molecule is CCn1ccnc1SC(C)C(=O)Nc1ccc(Oc2ccccc2)cc1. The van der Waals surface area contributed by atoms with E-state index in [0.717, 1.165) is 28.9 Å². The number of imidazole rings is 1. The third-order valence-corrected chi connectivity index (χ3v) is 4.89. The van der Waals surface area contributed by atoms with E-state index in [2.05, 4.69) is 17.2 Å². The Morgan fingerprint density at radius 3 is 2.54 bits per heavy atom. The molecule has 3 aromatic rings. The summed E-state index contributed by atoms with van der Waals surface area (Å²) >= 11 is 1.45. The van der Waals surface area contributed by atoms with Crippen molar-refractivity contribution in [1.82, 2.24) is 9.55 Å². The van der Waals surface area contributed by atoms with Crippen molar-refractivity contribution < 1.29 is 9.53 Å². The van der Waals surface area contributed by atoms with Crippen molar-refractivity contribution in [1.29, 1.82) is 0 Å². The maximum atomic E-state index is 12.4. The van der Waals surface area contributed by atoms with Gasteiger partial charge in [-0.1, -0.05) is 30.0 Å². The van der Waals surface area contributed by atoms with Crippen LogP contribution in [0.25, 0.3) is 0 Å². The summed E-state index contributed by atoms with van der Waals surface area (Å²) in [5, 5.41) is 3.53. The number of carbonyl (C=O) groups excluding carboxylic acids is 1. The van der Waals surface area contributed by atoms with E-state index in [0.29, 0.717) is 0 Å². The quantitative estimate of drug-likeness (QED) is 0.609. The van der Waals surface area contributed by atoms with Crippen molar-refractivity contribution in [3.05, 3.63) is 67.0 Å². The zero-order valence-electron chi connectivity index (χ0n) is 14.8. The molecular formula is C20H21N3O2S. The summed E-state index contributed by atoms with van der Waals surface area (Å²) in [5.41, 5.74) is 0.738. The van der Waals surface area contributed by atoms with Gasteiger partial charge in [0, 0.05) is 24.6 Å². The minimum absolute atomic E-state index is 0.0580. The fraction of sp³-hybridized carbons (Fsp3) is 0.200. The van der Waals surface area contributed by atoms with Crippen LogP contribution in [0.4, 0.5) is 5.69 Å². The molecule has 0 aliphatic carbocycles. The first-order valence-electron chi connectivity index (χ1n) is 8.47. The Balaban J connectivity index is 1.57. The molecule has 6 heteroatoms. The van der Waals surface area contributed by atoms with E-state index in [-0.39, 0.29) is 11.2 Å². The number of aromatic nitrogens is 2. The number of benzene rings is 2. The van der Waals surface area contributed by atoms with Gasteiger partial charge in [0.15, 0.2) is 5.16 Å². The molecule has 0 aliphatic rings. The molecule has 0 saturated heterocycles. The number of ether oxygens (including phenoxy) is 1. The van der Waals surface area contributed by atoms with E-state index in [1.807, 2.05) is 72.3 Å². The average Bonchev–Trinajstić information content (AvgIpc) is 3.11. The van der Waals surface area contributed by atoms with Gasteiger partial charge in [-0.05, 0) is 50.2 Å². The molecule has 1 aromatic heterocycles. The van der Waals surface area contributed by atoms with Gasteiger partial charge in [0.1, 0.15) is 11.5 Å². The highest BCUT2D eigenvalue weighted by atomic mass is 32.2. The van der Waals surface area contributed by atoms with Crippen molar-refractivity contribution in [3.8, 4) is 11.5 Å². The first-order valence-corrected chi connectivity index (χ1v) is 9.35. The molecular weight excluding hydrogens is 346 g/mol. The summed E-state index contributed by atoms with van der Waals surface area (Å²) in [5.74, 6) is 1.44. The highest BCUT2D eigenvalue weighted by Crippen LogP contribution is 2.25. The zero-order valence-corrected chi connectivity index (χ0v) is 15.6. The van der Waals surface area contributed by atoms with Gasteiger partial charge in [0.2, 0.25) is 5.91 Å². The van der Waals surface area contributed by atoms with Crippen molar-refractivity contribution >= 4 is 23.4 Å². The second kappa shape index (κ2) is 8.58. The van der Waals surface area contributed by atoms with Crippen LogP contribution in [0, 0.1) is 0 Å². The highest BCUT2D eigenvalue weighted by molar-refractivity contribution is 8.00. The largest absolute Gasteiger partial charge is 0.457 e. The number of hydrogen-bond donors (Lipinski definition) is 1. The number of hydrogen-bond acceptors (Lipinski definition) is 4. The lowest BCUT2D eigenvalue weighted by Crippen LogP contribution is -2.22. The van der Waals surface area contributed by atoms with E-state index in [9.17, 15) is 4.79 Å². The first kappa shape index (κ1) is 18.1. The van der Waals surface area contributed by atoms with Crippen molar-refractivity contribution in [2.24, 2.45) is 0 Å². The number of carbonyl (C=O) groups is 1. The topological polar surface area (TPSA) is 56.2 Å². The van der Waals surface area contributed by atoms with Crippen LogP contribution in [0.15, 0.2) is 72.1 Å². The highest BCUT2D eigenvalue weighted by Gasteiger charge is 2.17. The van der Waals surface area contributed by atoms with Gasteiger partial charge < -0.3 is 14.6 Å². The van der Waals surface area contributed by atoms with E-state index in [1.54, 1.807) is 6.20 Å². The monoisotopic (exact) mass is 367 g/mol. The number of aryl methyl sites for hydroxylation is 1. The number of thioether (sulfide) groups is 1. The Bertz CT molecular complexity index is 847. The summed E-state index contributed by atoms with van der Waals surface area (Å²) in [6, 6.07) is 16.9. The number of amides is 1. The molecule has 1 unspecified atom stereocenters. The molecule has 3 rings (SSSR count). The molecule has 0 fully saturated rings. The lowest BCUT2D eigenvalue weighted by atomic mass is 10.3. The molecule has 0 spiro atoms. The third-order valence-electron chi connectivity index (χ3n) is 3.77. The fourth-order valence-electron chi connectivity index (χ4n) is 2.34. The third kappa shape index (κ3) is 4.67. The van der Waals surface area contributed by atoms with Crippen LogP contribution in [0.3, 0.4) is 0 Å². The Hall–Kier alpha value is -2.73. The maximum Gasteiger partial charge on any atom is 0.237 e. The van der Waals surface area contributed by atoms with Gasteiger partial charge in [0.05, 0.1) is 5.25 Å². The second-order valence-electron chi connectivity index (χ2n) is 5.68.